The van der Waals surface area contributed by atoms with Crippen molar-refractivity contribution in [2.45, 2.75) is 37.3 Å². The Labute approximate surface area is 192 Å². The molecule has 1 aliphatic rings. The number of thioether (sulfide) groups is 1. The Hall–Kier alpha value is -2.84. The minimum atomic E-state index is -0.294. The minimum Gasteiger partial charge on any atom is -0.393 e. The van der Waals surface area contributed by atoms with Gasteiger partial charge in [0.15, 0.2) is 0 Å². The molecule has 3 aromatic rings. The smallest absolute Gasteiger partial charge is 0.257 e. The lowest BCUT2D eigenvalue weighted by Crippen LogP contribution is -2.38. The van der Waals surface area contributed by atoms with Crippen molar-refractivity contribution < 1.29 is 9.90 Å². The van der Waals surface area contributed by atoms with Gasteiger partial charge in [0.05, 0.1) is 23.9 Å². The number of aromatic nitrogens is 3. The normalized spacial score (nSPS) is 14.6. The van der Waals surface area contributed by atoms with Crippen LogP contribution in [0.2, 0.25) is 0 Å². The first kappa shape index (κ1) is 22.4. The van der Waals surface area contributed by atoms with Crippen LogP contribution in [0.15, 0.2) is 47.5 Å². The number of benzene rings is 1. The minimum absolute atomic E-state index is 0.100. The zero-order valence-corrected chi connectivity index (χ0v) is 19.5. The third-order valence-corrected chi connectivity index (χ3v) is 6.49. The lowest BCUT2D eigenvalue weighted by atomic mass is 10.1. The molecular weight excluding hydrogens is 422 g/mol. The maximum absolute atomic E-state index is 13.4. The maximum atomic E-state index is 13.4. The standard InChI is InChI=1S/C24H29N5O2S/c1-16-14-25-22(26-16)15-28(2)24(31)20-8-9-21(17-4-6-19(32-3)7-5-17)27-23(20)29-12-10-18(30)11-13-29/h4-9,14,18,30H,10-13,15H2,1-3H3,(H,25,26). The fraction of sp³-hybridized carbons (Fsp3) is 0.375. The van der Waals surface area contributed by atoms with E-state index in [-0.39, 0.29) is 12.0 Å². The van der Waals surface area contributed by atoms with E-state index < -0.39 is 0 Å². The molecule has 2 aromatic heterocycles. The van der Waals surface area contributed by atoms with Crippen LogP contribution in [0.25, 0.3) is 11.3 Å². The number of anilines is 1. The predicted molar refractivity (Wildman–Crippen MR) is 128 cm³/mol. The Balaban J connectivity index is 1.65. The van der Waals surface area contributed by atoms with Gasteiger partial charge in [0.1, 0.15) is 11.6 Å². The van der Waals surface area contributed by atoms with Gasteiger partial charge < -0.3 is 19.9 Å². The summed E-state index contributed by atoms with van der Waals surface area (Å²) in [4.78, 5) is 30.8. The second kappa shape index (κ2) is 9.75. The van der Waals surface area contributed by atoms with Gasteiger partial charge in [0.25, 0.3) is 5.91 Å². The molecule has 1 aliphatic heterocycles. The highest BCUT2D eigenvalue weighted by Crippen LogP contribution is 2.29. The SMILES string of the molecule is CSc1ccc(-c2ccc(C(=O)N(C)Cc3ncc(C)[nH]3)c(N3CCC(O)CC3)n2)cc1. The number of carbonyl (C=O) groups is 1. The summed E-state index contributed by atoms with van der Waals surface area (Å²) in [6.45, 7) is 3.67. The molecule has 3 heterocycles. The van der Waals surface area contributed by atoms with E-state index in [0.717, 1.165) is 22.8 Å². The van der Waals surface area contributed by atoms with Crippen LogP contribution in [-0.4, -0.2) is 63.4 Å². The first-order chi connectivity index (χ1) is 15.4. The second-order valence-corrected chi connectivity index (χ2v) is 9.07. The molecule has 1 fully saturated rings. The number of amides is 1. The summed E-state index contributed by atoms with van der Waals surface area (Å²) in [6, 6.07) is 12.1. The summed E-state index contributed by atoms with van der Waals surface area (Å²) < 4.78 is 0. The molecular formula is C24H29N5O2S. The number of carbonyl (C=O) groups excluding carboxylic acids is 1. The third kappa shape index (κ3) is 4.97. The molecule has 4 rings (SSSR count). The average molecular weight is 452 g/mol. The van der Waals surface area contributed by atoms with E-state index in [1.54, 1.807) is 29.9 Å². The number of hydrogen-bond acceptors (Lipinski definition) is 6. The Kier molecular flexibility index (Phi) is 6.81. The van der Waals surface area contributed by atoms with Crippen molar-refractivity contribution in [1.82, 2.24) is 19.9 Å². The number of aliphatic hydroxyl groups excluding tert-OH is 1. The van der Waals surface area contributed by atoms with Gasteiger partial charge >= 0.3 is 0 Å². The molecule has 1 saturated heterocycles. The molecule has 8 heteroatoms. The summed E-state index contributed by atoms with van der Waals surface area (Å²) in [5.74, 6) is 1.33. The molecule has 0 radical (unpaired) electrons. The van der Waals surface area contributed by atoms with E-state index >= 15 is 0 Å². The van der Waals surface area contributed by atoms with Gasteiger partial charge in [-0.25, -0.2) is 9.97 Å². The van der Waals surface area contributed by atoms with Crippen LogP contribution in [0.4, 0.5) is 5.82 Å². The number of hydrogen-bond donors (Lipinski definition) is 2. The van der Waals surface area contributed by atoms with Crippen LogP contribution in [-0.2, 0) is 6.54 Å². The Morgan fingerprint density at radius 2 is 1.94 bits per heavy atom. The van der Waals surface area contributed by atoms with Gasteiger partial charge in [0.2, 0.25) is 0 Å². The van der Waals surface area contributed by atoms with Crippen LogP contribution >= 0.6 is 11.8 Å². The van der Waals surface area contributed by atoms with Gasteiger partial charge in [0, 0.05) is 42.5 Å². The molecule has 1 aromatic carbocycles. The Bertz CT molecular complexity index is 1070. The molecule has 0 unspecified atom stereocenters. The van der Waals surface area contributed by atoms with Gasteiger partial charge in [-0.3, -0.25) is 4.79 Å². The zero-order chi connectivity index (χ0) is 22.7. The molecule has 168 valence electrons. The number of aliphatic hydroxyl groups is 1. The number of aromatic amines is 1. The van der Waals surface area contributed by atoms with Gasteiger partial charge in [-0.2, -0.15) is 0 Å². The third-order valence-electron chi connectivity index (χ3n) is 5.74. The van der Waals surface area contributed by atoms with E-state index in [4.69, 9.17) is 4.98 Å². The molecule has 2 N–H and O–H groups in total. The van der Waals surface area contributed by atoms with E-state index in [1.165, 1.54) is 4.90 Å². The first-order valence-electron chi connectivity index (χ1n) is 10.8. The molecule has 0 spiro atoms. The predicted octanol–water partition coefficient (Wildman–Crippen LogP) is 3.74. The number of rotatable bonds is 6. The molecule has 0 atom stereocenters. The lowest BCUT2D eigenvalue weighted by molar-refractivity contribution is 0.0782. The molecule has 0 saturated carbocycles. The monoisotopic (exact) mass is 451 g/mol. The van der Waals surface area contributed by atoms with Crippen molar-refractivity contribution in [3.05, 3.63) is 59.7 Å². The van der Waals surface area contributed by atoms with Crippen molar-refractivity contribution >= 4 is 23.5 Å². The first-order valence-corrected chi connectivity index (χ1v) is 12.0. The van der Waals surface area contributed by atoms with E-state index in [0.29, 0.717) is 43.9 Å². The van der Waals surface area contributed by atoms with Crippen LogP contribution in [0.3, 0.4) is 0 Å². The van der Waals surface area contributed by atoms with Crippen LogP contribution in [0.1, 0.15) is 34.7 Å². The fourth-order valence-electron chi connectivity index (χ4n) is 3.91. The molecule has 0 aliphatic carbocycles. The quantitative estimate of drug-likeness (QED) is 0.556. The van der Waals surface area contributed by atoms with Gasteiger partial charge in [-0.1, -0.05) is 12.1 Å². The number of aryl methyl sites for hydroxylation is 1. The molecule has 1 amide bonds. The van der Waals surface area contributed by atoms with Crippen LogP contribution < -0.4 is 4.90 Å². The van der Waals surface area contributed by atoms with E-state index in [9.17, 15) is 9.90 Å². The Morgan fingerprint density at radius 3 is 2.56 bits per heavy atom. The van der Waals surface area contributed by atoms with Crippen LogP contribution in [0.5, 0.6) is 0 Å². The molecule has 7 nitrogen and oxygen atoms in total. The summed E-state index contributed by atoms with van der Waals surface area (Å²) in [5, 5.41) is 9.95. The highest BCUT2D eigenvalue weighted by atomic mass is 32.2. The van der Waals surface area contributed by atoms with Gasteiger partial charge in [-0.15, -0.1) is 11.8 Å². The number of H-pyrrole nitrogens is 1. The van der Waals surface area contributed by atoms with Crippen molar-refractivity contribution in [2.24, 2.45) is 0 Å². The largest absolute Gasteiger partial charge is 0.393 e. The second-order valence-electron chi connectivity index (χ2n) is 8.19. The summed E-state index contributed by atoms with van der Waals surface area (Å²) in [5.41, 5.74) is 3.38. The van der Waals surface area contributed by atoms with Gasteiger partial charge in [-0.05, 0) is 50.3 Å². The average Bonchev–Trinajstić information content (AvgIpc) is 3.23. The van der Waals surface area contributed by atoms with E-state index in [1.807, 2.05) is 19.1 Å². The van der Waals surface area contributed by atoms with Crippen LogP contribution in [0, 0.1) is 6.92 Å². The summed E-state index contributed by atoms with van der Waals surface area (Å²) in [6.07, 6.45) is 4.86. The lowest BCUT2D eigenvalue weighted by Gasteiger charge is -2.32. The van der Waals surface area contributed by atoms with E-state index in [2.05, 4.69) is 45.4 Å². The highest BCUT2D eigenvalue weighted by Gasteiger charge is 2.25. The topological polar surface area (TPSA) is 85.4 Å². The van der Waals surface area contributed by atoms with Crippen molar-refractivity contribution in [3.8, 4) is 11.3 Å². The number of imidazole rings is 1. The van der Waals surface area contributed by atoms with Crippen molar-refractivity contribution in [3.63, 3.8) is 0 Å². The molecule has 0 bridgehead atoms. The fourth-order valence-corrected chi connectivity index (χ4v) is 4.31. The summed E-state index contributed by atoms with van der Waals surface area (Å²) in [7, 11) is 1.78. The Morgan fingerprint density at radius 1 is 1.22 bits per heavy atom. The molecule has 32 heavy (non-hydrogen) atoms. The van der Waals surface area contributed by atoms with Crippen molar-refractivity contribution in [1.29, 1.82) is 0 Å². The van der Waals surface area contributed by atoms with Crippen molar-refractivity contribution in [2.75, 3.05) is 31.3 Å². The number of nitrogens with zero attached hydrogens (tertiary/aromatic N) is 4. The number of piperidine rings is 1. The maximum Gasteiger partial charge on any atom is 0.257 e. The highest BCUT2D eigenvalue weighted by molar-refractivity contribution is 7.98. The zero-order valence-electron chi connectivity index (χ0n) is 18.7. The number of pyridine rings is 1. The summed E-state index contributed by atoms with van der Waals surface area (Å²) >= 11 is 1.70. The number of nitrogens with one attached hydrogen (secondary N) is 1.